The fraction of sp³-hybridized carbons (Fsp3) is 0.0833. The summed E-state index contributed by atoms with van der Waals surface area (Å²) in [5.41, 5.74) is 1.79. The molecule has 0 aliphatic heterocycles. The maximum absolute atomic E-state index is 6.29. The summed E-state index contributed by atoms with van der Waals surface area (Å²) in [6, 6.07) is 19.8. The molecule has 0 radical (unpaired) electrons. The number of nitrogens with zero attached hydrogens (tertiary/aromatic N) is 7. The number of tetrazole rings is 1. The van der Waals surface area contributed by atoms with Crippen molar-refractivity contribution in [3.63, 3.8) is 0 Å². The van der Waals surface area contributed by atoms with E-state index in [1.807, 2.05) is 42.5 Å². The van der Waals surface area contributed by atoms with Crippen LogP contribution in [0.2, 0.25) is 10.0 Å². The number of aryl methyl sites for hydroxylation is 1. The van der Waals surface area contributed by atoms with Gasteiger partial charge in [-0.2, -0.15) is 0 Å². The van der Waals surface area contributed by atoms with Gasteiger partial charge in [0.1, 0.15) is 5.75 Å². The van der Waals surface area contributed by atoms with Crippen molar-refractivity contribution in [1.82, 2.24) is 30.4 Å². The van der Waals surface area contributed by atoms with Crippen molar-refractivity contribution in [2.45, 2.75) is 6.61 Å². The SMILES string of the molecule is Cn1nnnc1/C(=N\OCc1nnc(-c2cccc(Br)c2Oc2ccc(Cl)cc2Cl)o1)c1ccccc1. The van der Waals surface area contributed by atoms with Gasteiger partial charge in [0, 0.05) is 17.6 Å². The zero-order valence-electron chi connectivity index (χ0n) is 19.0. The standard InChI is InChI=1S/C24H16BrCl2N7O3/c1-34-23(29-32-33-34)21(14-6-3-2-4-7-14)31-35-13-20-28-30-24(37-20)16-8-5-9-17(25)22(16)36-19-11-10-15(26)12-18(19)27/h2-12H,13H2,1H3/b31-21-. The molecule has 10 nitrogen and oxygen atoms in total. The number of hydrogen-bond acceptors (Lipinski definition) is 9. The molecule has 37 heavy (non-hydrogen) atoms. The van der Waals surface area contributed by atoms with Crippen molar-refractivity contribution in [3.05, 3.63) is 98.5 Å². The Morgan fingerprint density at radius 1 is 1.03 bits per heavy atom. The van der Waals surface area contributed by atoms with Gasteiger partial charge in [-0.1, -0.05) is 64.8 Å². The highest BCUT2D eigenvalue weighted by Crippen LogP contribution is 2.41. The molecule has 0 bridgehead atoms. The smallest absolute Gasteiger partial charge is 0.257 e. The summed E-state index contributed by atoms with van der Waals surface area (Å²) in [4.78, 5) is 5.55. The molecule has 0 saturated heterocycles. The van der Waals surface area contributed by atoms with E-state index in [0.717, 1.165) is 5.56 Å². The van der Waals surface area contributed by atoms with Crippen LogP contribution >= 0.6 is 39.1 Å². The van der Waals surface area contributed by atoms with E-state index in [9.17, 15) is 0 Å². The van der Waals surface area contributed by atoms with Crippen LogP contribution in [-0.2, 0) is 18.5 Å². The van der Waals surface area contributed by atoms with Crippen LogP contribution in [0.4, 0.5) is 0 Å². The van der Waals surface area contributed by atoms with E-state index in [0.29, 0.717) is 43.1 Å². The lowest BCUT2D eigenvalue weighted by molar-refractivity contribution is 0.111. The summed E-state index contributed by atoms with van der Waals surface area (Å²) in [6.07, 6.45) is 0. The number of aromatic nitrogens is 6. The first kappa shape index (κ1) is 24.9. The molecule has 0 amide bonds. The molecule has 0 unspecified atom stereocenters. The lowest BCUT2D eigenvalue weighted by Gasteiger charge is -2.12. The molecule has 13 heteroatoms. The Morgan fingerprint density at radius 2 is 1.86 bits per heavy atom. The topological polar surface area (TPSA) is 113 Å². The third-order valence-corrected chi connectivity index (χ3v) is 6.15. The molecular formula is C24H16BrCl2N7O3. The summed E-state index contributed by atoms with van der Waals surface area (Å²) >= 11 is 15.8. The Labute approximate surface area is 228 Å². The van der Waals surface area contributed by atoms with Gasteiger partial charge in [-0.25, -0.2) is 4.68 Å². The quantitative estimate of drug-likeness (QED) is 0.155. The number of hydrogen-bond donors (Lipinski definition) is 0. The molecule has 2 aromatic heterocycles. The van der Waals surface area contributed by atoms with E-state index in [1.165, 1.54) is 4.68 Å². The predicted molar refractivity (Wildman–Crippen MR) is 140 cm³/mol. The van der Waals surface area contributed by atoms with Crippen molar-refractivity contribution in [3.8, 4) is 23.0 Å². The zero-order valence-corrected chi connectivity index (χ0v) is 22.1. The highest BCUT2D eigenvalue weighted by atomic mass is 79.9. The van der Waals surface area contributed by atoms with Gasteiger partial charge in [-0.15, -0.1) is 15.3 Å². The molecule has 0 spiro atoms. The maximum atomic E-state index is 6.29. The Morgan fingerprint density at radius 3 is 2.62 bits per heavy atom. The number of para-hydroxylation sites is 1. The van der Waals surface area contributed by atoms with Crippen LogP contribution in [0.15, 0.2) is 80.8 Å². The summed E-state index contributed by atoms with van der Waals surface area (Å²) in [7, 11) is 1.72. The second-order valence-electron chi connectivity index (χ2n) is 7.50. The van der Waals surface area contributed by atoms with E-state index in [2.05, 4.69) is 46.8 Å². The van der Waals surface area contributed by atoms with Gasteiger partial charge in [0.25, 0.3) is 11.8 Å². The van der Waals surface area contributed by atoms with Gasteiger partial charge in [-0.3, -0.25) is 0 Å². The maximum Gasteiger partial charge on any atom is 0.257 e. The van der Waals surface area contributed by atoms with Crippen LogP contribution in [0.1, 0.15) is 17.3 Å². The Hall–Kier alpha value is -3.80. The molecule has 0 atom stereocenters. The largest absolute Gasteiger partial charge is 0.454 e. The van der Waals surface area contributed by atoms with Crippen molar-refractivity contribution in [2.24, 2.45) is 12.2 Å². The van der Waals surface area contributed by atoms with Crippen molar-refractivity contribution >= 4 is 44.8 Å². The minimum atomic E-state index is -0.0815. The number of halogens is 3. The van der Waals surface area contributed by atoms with Gasteiger partial charge in [0.05, 0.1) is 15.1 Å². The minimum absolute atomic E-state index is 0.0815. The normalized spacial score (nSPS) is 11.5. The van der Waals surface area contributed by atoms with E-state index < -0.39 is 0 Å². The van der Waals surface area contributed by atoms with E-state index in [1.54, 1.807) is 31.3 Å². The number of oxime groups is 1. The average Bonchev–Trinajstić information content (AvgIpc) is 3.54. The Kier molecular flexibility index (Phi) is 7.45. The van der Waals surface area contributed by atoms with Crippen molar-refractivity contribution in [2.75, 3.05) is 0 Å². The minimum Gasteiger partial charge on any atom is -0.454 e. The van der Waals surface area contributed by atoms with Crippen LogP contribution in [0.3, 0.4) is 0 Å². The van der Waals surface area contributed by atoms with E-state index in [4.69, 9.17) is 37.2 Å². The van der Waals surface area contributed by atoms with Crippen LogP contribution in [0.25, 0.3) is 11.5 Å². The van der Waals surface area contributed by atoms with Crippen LogP contribution in [0.5, 0.6) is 11.5 Å². The second kappa shape index (κ2) is 11.1. The highest BCUT2D eigenvalue weighted by Gasteiger charge is 2.19. The summed E-state index contributed by atoms with van der Waals surface area (Å²) in [6.45, 7) is -0.0815. The van der Waals surface area contributed by atoms with Crippen molar-refractivity contribution in [1.29, 1.82) is 0 Å². The molecule has 186 valence electrons. The van der Waals surface area contributed by atoms with Gasteiger partial charge >= 0.3 is 0 Å². The molecule has 5 rings (SSSR count). The number of rotatable bonds is 8. The van der Waals surface area contributed by atoms with E-state index in [-0.39, 0.29) is 18.4 Å². The third-order valence-electron chi connectivity index (χ3n) is 4.99. The van der Waals surface area contributed by atoms with Gasteiger partial charge in [-0.05, 0) is 56.7 Å². The van der Waals surface area contributed by atoms with Crippen LogP contribution in [0, 0.1) is 0 Å². The summed E-state index contributed by atoms with van der Waals surface area (Å²) in [5.74, 6) is 1.74. The van der Waals surface area contributed by atoms with Gasteiger partial charge < -0.3 is 14.0 Å². The van der Waals surface area contributed by atoms with Crippen LogP contribution in [-0.4, -0.2) is 36.1 Å². The second-order valence-corrected chi connectivity index (χ2v) is 9.20. The fourth-order valence-electron chi connectivity index (χ4n) is 3.27. The summed E-state index contributed by atoms with van der Waals surface area (Å²) in [5, 5.41) is 24.9. The molecule has 0 saturated carbocycles. The molecule has 2 heterocycles. The number of benzene rings is 3. The van der Waals surface area contributed by atoms with Crippen LogP contribution < -0.4 is 4.74 Å². The highest BCUT2D eigenvalue weighted by molar-refractivity contribution is 9.10. The first-order valence-corrected chi connectivity index (χ1v) is 12.3. The van der Waals surface area contributed by atoms with E-state index >= 15 is 0 Å². The first-order chi connectivity index (χ1) is 18.0. The molecule has 0 aliphatic rings. The van der Waals surface area contributed by atoms with Crippen molar-refractivity contribution < 1.29 is 14.0 Å². The Bertz CT molecular complexity index is 1570. The zero-order chi connectivity index (χ0) is 25.8. The molecule has 0 aliphatic carbocycles. The number of ether oxygens (including phenoxy) is 1. The lowest BCUT2D eigenvalue weighted by Crippen LogP contribution is -2.12. The summed E-state index contributed by atoms with van der Waals surface area (Å²) < 4.78 is 14.1. The monoisotopic (exact) mass is 599 g/mol. The third kappa shape index (κ3) is 5.63. The molecule has 0 N–H and O–H groups in total. The Balaban J connectivity index is 1.38. The first-order valence-electron chi connectivity index (χ1n) is 10.7. The van der Waals surface area contributed by atoms with Gasteiger partial charge in [0.2, 0.25) is 5.82 Å². The van der Waals surface area contributed by atoms with Gasteiger partial charge in [0.15, 0.2) is 18.1 Å². The predicted octanol–water partition coefficient (Wildman–Crippen LogP) is 6.09. The molecule has 5 aromatic rings. The molecular weight excluding hydrogens is 585 g/mol. The fourth-order valence-corrected chi connectivity index (χ4v) is 4.16. The average molecular weight is 601 g/mol. The lowest BCUT2D eigenvalue weighted by atomic mass is 10.1. The molecule has 0 fully saturated rings. The molecule has 3 aromatic carbocycles.